The largest absolute Gasteiger partial charge is 0.493 e. The van der Waals surface area contributed by atoms with E-state index in [-0.39, 0.29) is 36.3 Å². The number of piperidine rings is 2. The number of carbonyl (C=O) groups is 1. The van der Waals surface area contributed by atoms with Gasteiger partial charge in [0.15, 0.2) is 11.5 Å². The molecule has 8 rings (SSSR count). The van der Waals surface area contributed by atoms with E-state index >= 15 is 0 Å². The van der Waals surface area contributed by atoms with Gasteiger partial charge in [-0.15, -0.1) is 0 Å². The van der Waals surface area contributed by atoms with Crippen molar-refractivity contribution < 1.29 is 23.7 Å². The number of hydrogen-bond donors (Lipinski definition) is 0. The highest BCUT2D eigenvalue weighted by Crippen LogP contribution is 2.62. The van der Waals surface area contributed by atoms with E-state index in [0.29, 0.717) is 24.0 Å². The maximum Gasteiger partial charge on any atom is 0.316 e. The number of ether oxygens (including phenoxy) is 4. The minimum atomic E-state index is -0.488. The van der Waals surface area contributed by atoms with Crippen LogP contribution in [0.15, 0.2) is 54.6 Å². The fourth-order valence-corrected chi connectivity index (χ4v) is 9.41. The van der Waals surface area contributed by atoms with E-state index in [0.717, 1.165) is 49.3 Å². The van der Waals surface area contributed by atoms with Gasteiger partial charge in [0.25, 0.3) is 0 Å². The zero-order chi connectivity index (χ0) is 28.6. The van der Waals surface area contributed by atoms with Crippen LogP contribution in [0.3, 0.4) is 0 Å². The van der Waals surface area contributed by atoms with Crippen molar-refractivity contribution in [3.05, 3.63) is 71.3 Å². The van der Waals surface area contributed by atoms with Gasteiger partial charge in [-0.25, -0.2) is 0 Å². The average molecular weight is 571 g/mol. The van der Waals surface area contributed by atoms with Crippen LogP contribution in [0.5, 0.6) is 11.5 Å². The fraction of sp³-hybridized carbons (Fsp3) is 0.571. The molecular weight excluding hydrogens is 528 g/mol. The van der Waals surface area contributed by atoms with Crippen molar-refractivity contribution in [2.75, 3.05) is 34.4 Å². The number of likely N-dealkylation sites (tertiary alicyclic amines) is 1. The van der Waals surface area contributed by atoms with Crippen molar-refractivity contribution in [2.45, 2.75) is 86.3 Å². The lowest BCUT2D eigenvalue weighted by atomic mass is 9.53. The van der Waals surface area contributed by atoms with Crippen LogP contribution < -0.4 is 9.47 Å². The minimum Gasteiger partial charge on any atom is -0.493 e. The quantitative estimate of drug-likeness (QED) is 0.360. The molecule has 1 spiro atoms. The molecule has 0 amide bonds. The third-order valence-electron chi connectivity index (χ3n) is 11.6. The monoisotopic (exact) mass is 570 g/mol. The molecule has 2 unspecified atom stereocenters. The summed E-state index contributed by atoms with van der Waals surface area (Å²) >= 11 is 0. The van der Waals surface area contributed by atoms with E-state index in [9.17, 15) is 4.79 Å². The van der Waals surface area contributed by atoms with Crippen LogP contribution in [-0.2, 0) is 26.1 Å². The molecule has 4 heterocycles. The highest BCUT2D eigenvalue weighted by atomic mass is 16.6. The molecule has 2 aromatic carbocycles. The summed E-state index contributed by atoms with van der Waals surface area (Å²) in [5, 5.41) is 0. The number of nitrogens with zero attached hydrogens (tertiary/aromatic N) is 2. The lowest BCUT2D eigenvalue weighted by Gasteiger charge is -2.56. The number of carbonyl (C=O) groups excluding carboxylic acids is 1. The molecule has 0 aromatic heterocycles. The van der Waals surface area contributed by atoms with Crippen molar-refractivity contribution in [2.24, 2.45) is 5.92 Å². The summed E-state index contributed by atoms with van der Waals surface area (Å²) in [6, 6.07) is 15.7. The first-order valence-electron chi connectivity index (χ1n) is 15.8. The van der Waals surface area contributed by atoms with E-state index in [1.807, 2.05) is 30.3 Å². The molecule has 2 aromatic rings. The van der Waals surface area contributed by atoms with Gasteiger partial charge >= 0.3 is 5.97 Å². The maximum atomic E-state index is 13.8. The summed E-state index contributed by atoms with van der Waals surface area (Å²) in [6.45, 7) is 1.27. The number of esters is 1. The molecule has 9 atom stereocenters. The Bertz CT molecular complexity index is 1380. The average Bonchev–Trinajstić information content (AvgIpc) is 3.44. The summed E-state index contributed by atoms with van der Waals surface area (Å²) in [4.78, 5) is 18.8. The van der Waals surface area contributed by atoms with E-state index in [2.05, 4.69) is 48.2 Å². The molecule has 3 fully saturated rings. The Morgan fingerprint density at radius 1 is 1.07 bits per heavy atom. The molecule has 42 heavy (non-hydrogen) atoms. The third-order valence-corrected chi connectivity index (χ3v) is 11.6. The molecule has 3 saturated heterocycles. The summed E-state index contributed by atoms with van der Waals surface area (Å²) < 4.78 is 25.7. The highest BCUT2D eigenvalue weighted by molar-refractivity contribution is 5.78. The highest BCUT2D eigenvalue weighted by Gasteiger charge is 2.64. The Morgan fingerprint density at radius 2 is 1.86 bits per heavy atom. The number of benzene rings is 2. The summed E-state index contributed by atoms with van der Waals surface area (Å²) in [5.74, 6) is 1.38. The van der Waals surface area contributed by atoms with Crippen molar-refractivity contribution in [3.63, 3.8) is 0 Å². The number of likely N-dealkylation sites (N-methyl/N-ethyl adjacent to an activating group) is 1. The molecule has 0 radical (unpaired) electrons. The molecule has 7 heteroatoms. The third kappa shape index (κ3) is 3.92. The summed E-state index contributed by atoms with van der Waals surface area (Å²) in [6.07, 6.45) is 10.4. The van der Waals surface area contributed by atoms with Gasteiger partial charge in [0.05, 0.1) is 13.7 Å². The van der Waals surface area contributed by atoms with E-state index in [4.69, 9.17) is 18.9 Å². The smallest absolute Gasteiger partial charge is 0.316 e. The summed E-state index contributed by atoms with van der Waals surface area (Å²) in [7, 11) is 6.18. The van der Waals surface area contributed by atoms with E-state index in [1.165, 1.54) is 24.0 Å². The Labute approximate surface area is 248 Å². The number of hydrogen-bond acceptors (Lipinski definition) is 7. The lowest BCUT2D eigenvalue weighted by molar-refractivity contribution is -0.157. The minimum absolute atomic E-state index is 0.0245. The Balaban J connectivity index is 1.07. The molecule has 2 aliphatic carbocycles. The van der Waals surface area contributed by atoms with Gasteiger partial charge in [0, 0.05) is 35.0 Å². The molecule has 6 aliphatic rings. The number of methoxy groups -OCH3 is 1. The predicted molar refractivity (Wildman–Crippen MR) is 159 cm³/mol. The molecule has 4 aliphatic heterocycles. The van der Waals surface area contributed by atoms with Gasteiger partial charge in [-0.3, -0.25) is 4.79 Å². The Hall–Kier alpha value is -2.87. The normalized spacial score (nSPS) is 36.7. The fourth-order valence-electron chi connectivity index (χ4n) is 9.41. The SMILES string of the molecule is COc1ccc2c3c1O[C@H]1[C@@H](OCC(C(=O)OC4C[C@H]5CC[C@@H](C4)N5C)c4ccccc4)C=C[C@H]4[C@@H](C2)N(C)CC[C@@]341. The van der Waals surface area contributed by atoms with Crippen LogP contribution in [0.25, 0.3) is 0 Å². The number of rotatable bonds is 7. The van der Waals surface area contributed by atoms with Crippen LogP contribution in [0.4, 0.5) is 0 Å². The van der Waals surface area contributed by atoms with Crippen LogP contribution in [0.1, 0.15) is 54.7 Å². The van der Waals surface area contributed by atoms with Crippen LogP contribution in [-0.4, -0.2) is 86.6 Å². The van der Waals surface area contributed by atoms with Crippen molar-refractivity contribution in [3.8, 4) is 11.5 Å². The van der Waals surface area contributed by atoms with Crippen molar-refractivity contribution in [1.82, 2.24) is 9.80 Å². The van der Waals surface area contributed by atoms with E-state index in [1.54, 1.807) is 7.11 Å². The van der Waals surface area contributed by atoms with Gasteiger partial charge in [-0.1, -0.05) is 48.6 Å². The number of fused-ring (bicyclic) bond motifs is 2. The molecule has 4 bridgehead atoms. The van der Waals surface area contributed by atoms with Crippen molar-refractivity contribution in [1.29, 1.82) is 0 Å². The second-order valence-corrected chi connectivity index (χ2v) is 13.5. The molecular formula is C35H42N2O5. The molecule has 222 valence electrons. The second-order valence-electron chi connectivity index (χ2n) is 13.5. The Morgan fingerprint density at radius 3 is 2.62 bits per heavy atom. The predicted octanol–water partition coefficient (Wildman–Crippen LogP) is 4.48. The van der Waals surface area contributed by atoms with Gasteiger partial charge in [-0.2, -0.15) is 0 Å². The van der Waals surface area contributed by atoms with Crippen molar-refractivity contribution >= 4 is 5.97 Å². The molecule has 0 N–H and O–H groups in total. The zero-order valence-corrected chi connectivity index (χ0v) is 24.9. The molecule has 0 saturated carbocycles. The maximum absolute atomic E-state index is 13.8. The first-order chi connectivity index (χ1) is 20.5. The summed E-state index contributed by atoms with van der Waals surface area (Å²) in [5.41, 5.74) is 3.48. The lowest BCUT2D eigenvalue weighted by Crippen LogP contribution is -2.65. The molecule has 7 nitrogen and oxygen atoms in total. The first kappa shape index (κ1) is 26.7. The standard InChI is InChI=1S/C35H42N2O5/c1-36-16-15-35-27-12-14-30(33(35)42-32-29(39-3)13-9-22(31(32)35)17-28(27)36)40-20-26(21-7-5-4-6-8-21)34(38)41-25-18-23-10-11-24(19-25)37(23)2/h4-9,12-14,23-28,30,33H,10-11,15-20H2,1-3H3/t23-,24+,25?,26?,27-,28+,30-,33-,35-/m0/s1. The van der Waals surface area contributed by atoms with Crippen LogP contribution >= 0.6 is 0 Å². The van der Waals surface area contributed by atoms with Gasteiger partial charge in [0.1, 0.15) is 24.2 Å². The first-order valence-corrected chi connectivity index (χ1v) is 15.8. The van der Waals surface area contributed by atoms with E-state index < -0.39 is 5.92 Å². The van der Waals surface area contributed by atoms with Crippen LogP contribution in [0, 0.1) is 5.92 Å². The zero-order valence-electron chi connectivity index (χ0n) is 24.9. The van der Waals surface area contributed by atoms with Gasteiger partial charge in [0.2, 0.25) is 0 Å². The topological polar surface area (TPSA) is 60.5 Å². The van der Waals surface area contributed by atoms with Gasteiger partial charge < -0.3 is 28.7 Å². The Kier molecular flexibility index (Phi) is 6.43. The van der Waals surface area contributed by atoms with Crippen LogP contribution in [0.2, 0.25) is 0 Å². The van der Waals surface area contributed by atoms with Gasteiger partial charge in [-0.05, 0) is 76.4 Å². The second kappa shape index (κ2) is 10.1.